The van der Waals surface area contributed by atoms with Crippen LogP contribution in [0.25, 0.3) is 11.5 Å². The summed E-state index contributed by atoms with van der Waals surface area (Å²) in [6.45, 7) is 2.93. The summed E-state index contributed by atoms with van der Waals surface area (Å²) in [7, 11) is 1.93. The van der Waals surface area contributed by atoms with Crippen molar-refractivity contribution in [3.8, 4) is 11.5 Å². The minimum absolute atomic E-state index is 0.542. The maximum Gasteiger partial charge on any atom is 0.249 e. The molecular weight excluding hydrogens is 216 g/mol. The van der Waals surface area contributed by atoms with Crippen LogP contribution in [0.5, 0.6) is 0 Å². The van der Waals surface area contributed by atoms with Crippen LogP contribution in [0.3, 0.4) is 0 Å². The number of aromatic nitrogens is 3. The van der Waals surface area contributed by atoms with Gasteiger partial charge < -0.3 is 9.73 Å². The third kappa shape index (κ3) is 3.10. The van der Waals surface area contributed by atoms with E-state index < -0.39 is 0 Å². The van der Waals surface area contributed by atoms with Gasteiger partial charge in [0.25, 0.3) is 0 Å². The van der Waals surface area contributed by atoms with E-state index in [2.05, 4.69) is 20.5 Å². The normalized spacial score (nSPS) is 10.7. The number of pyridine rings is 1. The molecular formula is C12H16N4O. The third-order valence-electron chi connectivity index (χ3n) is 2.41. The van der Waals surface area contributed by atoms with Crippen molar-refractivity contribution >= 4 is 0 Å². The van der Waals surface area contributed by atoms with Crippen LogP contribution < -0.4 is 5.32 Å². The van der Waals surface area contributed by atoms with Crippen molar-refractivity contribution in [1.29, 1.82) is 0 Å². The molecule has 2 rings (SSSR count). The average Bonchev–Trinajstić information content (AvgIpc) is 2.78. The van der Waals surface area contributed by atoms with Gasteiger partial charge in [-0.05, 0) is 38.6 Å². The Morgan fingerprint density at radius 3 is 2.94 bits per heavy atom. The van der Waals surface area contributed by atoms with Crippen LogP contribution >= 0.6 is 0 Å². The van der Waals surface area contributed by atoms with E-state index in [1.165, 1.54) is 0 Å². The molecule has 5 heteroatoms. The zero-order chi connectivity index (χ0) is 12.1. The number of rotatable bonds is 5. The molecule has 2 heterocycles. The van der Waals surface area contributed by atoms with Gasteiger partial charge in [0.15, 0.2) is 0 Å². The molecule has 2 aromatic rings. The van der Waals surface area contributed by atoms with Gasteiger partial charge in [0.1, 0.15) is 0 Å². The second-order valence-electron chi connectivity index (χ2n) is 3.96. The highest BCUT2D eigenvalue weighted by molar-refractivity contribution is 5.51. The SMILES string of the molecule is CNCCCc1nnc(-c2cncc(C)c2)o1. The van der Waals surface area contributed by atoms with Crippen LogP contribution in [0.1, 0.15) is 17.9 Å². The first kappa shape index (κ1) is 11.7. The van der Waals surface area contributed by atoms with Gasteiger partial charge >= 0.3 is 0 Å². The van der Waals surface area contributed by atoms with Gasteiger partial charge in [0.2, 0.25) is 11.8 Å². The van der Waals surface area contributed by atoms with Crippen LogP contribution in [0.4, 0.5) is 0 Å². The van der Waals surface area contributed by atoms with Crippen LogP contribution in [-0.2, 0) is 6.42 Å². The summed E-state index contributed by atoms with van der Waals surface area (Å²) >= 11 is 0. The first-order chi connectivity index (χ1) is 8.29. The summed E-state index contributed by atoms with van der Waals surface area (Å²) in [5, 5.41) is 11.1. The Kier molecular flexibility index (Phi) is 3.82. The fraction of sp³-hybridized carbons (Fsp3) is 0.417. The van der Waals surface area contributed by atoms with Crippen LogP contribution in [0.15, 0.2) is 22.9 Å². The van der Waals surface area contributed by atoms with Gasteiger partial charge in [-0.3, -0.25) is 4.98 Å². The highest BCUT2D eigenvalue weighted by Gasteiger charge is 2.08. The summed E-state index contributed by atoms with van der Waals surface area (Å²) < 4.78 is 5.58. The molecule has 0 aromatic carbocycles. The molecule has 1 N–H and O–H groups in total. The lowest BCUT2D eigenvalue weighted by Crippen LogP contribution is -2.08. The second-order valence-corrected chi connectivity index (χ2v) is 3.96. The third-order valence-corrected chi connectivity index (χ3v) is 2.41. The van der Waals surface area contributed by atoms with Crippen molar-refractivity contribution in [3.05, 3.63) is 29.9 Å². The fourth-order valence-electron chi connectivity index (χ4n) is 1.56. The largest absolute Gasteiger partial charge is 0.421 e. The minimum atomic E-state index is 0.542. The van der Waals surface area contributed by atoms with Crippen molar-refractivity contribution in [1.82, 2.24) is 20.5 Å². The maximum absolute atomic E-state index is 5.58. The number of hydrogen-bond donors (Lipinski definition) is 1. The predicted octanol–water partition coefficient (Wildman–Crippen LogP) is 1.59. The lowest BCUT2D eigenvalue weighted by atomic mass is 10.2. The van der Waals surface area contributed by atoms with Crippen LogP contribution in [0.2, 0.25) is 0 Å². The Labute approximate surface area is 100 Å². The predicted molar refractivity (Wildman–Crippen MR) is 64.5 cm³/mol. The number of nitrogens with zero attached hydrogens (tertiary/aromatic N) is 3. The molecule has 0 amide bonds. The standard InChI is InChI=1S/C12H16N4O/c1-9-6-10(8-14-7-9)12-16-15-11(17-12)4-3-5-13-2/h6-8,13H,3-5H2,1-2H3. The van der Waals surface area contributed by atoms with E-state index in [9.17, 15) is 0 Å². The molecule has 5 nitrogen and oxygen atoms in total. The van der Waals surface area contributed by atoms with E-state index >= 15 is 0 Å². The monoisotopic (exact) mass is 232 g/mol. The molecule has 0 unspecified atom stereocenters. The molecule has 0 aliphatic carbocycles. The van der Waals surface area contributed by atoms with Crippen molar-refractivity contribution in [2.24, 2.45) is 0 Å². The molecule has 0 aliphatic heterocycles. The van der Waals surface area contributed by atoms with E-state index in [1.807, 2.05) is 20.0 Å². The average molecular weight is 232 g/mol. The fourth-order valence-corrected chi connectivity index (χ4v) is 1.56. The Morgan fingerprint density at radius 2 is 2.18 bits per heavy atom. The minimum Gasteiger partial charge on any atom is -0.421 e. The molecule has 0 bridgehead atoms. The molecule has 0 fully saturated rings. The highest BCUT2D eigenvalue weighted by atomic mass is 16.4. The molecule has 2 aromatic heterocycles. The summed E-state index contributed by atoms with van der Waals surface area (Å²) in [5.41, 5.74) is 1.95. The summed E-state index contributed by atoms with van der Waals surface area (Å²) in [6.07, 6.45) is 5.32. The molecule has 17 heavy (non-hydrogen) atoms. The van der Waals surface area contributed by atoms with Gasteiger partial charge in [-0.1, -0.05) is 0 Å². The summed E-state index contributed by atoms with van der Waals surface area (Å²) in [4.78, 5) is 4.11. The van der Waals surface area contributed by atoms with Gasteiger partial charge in [-0.15, -0.1) is 10.2 Å². The lowest BCUT2D eigenvalue weighted by Gasteiger charge is -1.96. The second kappa shape index (κ2) is 5.54. The molecule has 0 atom stereocenters. The quantitative estimate of drug-likeness (QED) is 0.793. The molecule has 0 saturated heterocycles. The molecule has 0 radical (unpaired) electrons. The molecule has 0 saturated carbocycles. The molecule has 90 valence electrons. The topological polar surface area (TPSA) is 63.8 Å². The maximum atomic E-state index is 5.58. The van der Waals surface area contributed by atoms with Gasteiger partial charge in [0, 0.05) is 18.8 Å². The van der Waals surface area contributed by atoms with E-state index in [0.717, 1.165) is 30.5 Å². The first-order valence-corrected chi connectivity index (χ1v) is 5.68. The molecule has 0 aliphatic rings. The summed E-state index contributed by atoms with van der Waals surface area (Å²) in [6, 6.07) is 1.98. The lowest BCUT2D eigenvalue weighted by molar-refractivity contribution is 0.494. The van der Waals surface area contributed by atoms with Gasteiger partial charge in [-0.2, -0.15) is 0 Å². The van der Waals surface area contributed by atoms with Gasteiger partial charge in [0.05, 0.1) is 5.56 Å². The smallest absolute Gasteiger partial charge is 0.249 e. The van der Waals surface area contributed by atoms with Crippen molar-refractivity contribution in [3.63, 3.8) is 0 Å². The van der Waals surface area contributed by atoms with E-state index in [-0.39, 0.29) is 0 Å². The Balaban J connectivity index is 2.07. The Bertz CT molecular complexity index is 481. The van der Waals surface area contributed by atoms with Crippen molar-refractivity contribution in [2.75, 3.05) is 13.6 Å². The van der Waals surface area contributed by atoms with Crippen LogP contribution in [0, 0.1) is 6.92 Å². The van der Waals surface area contributed by atoms with Crippen molar-refractivity contribution in [2.45, 2.75) is 19.8 Å². The zero-order valence-electron chi connectivity index (χ0n) is 10.1. The van der Waals surface area contributed by atoms with Crippen molar-refractivity contribution < 1.29 is 4.42 Å². The van der Waals surface area contributed by atoms with E-state index in [0.29, 0.717) is 11.8 Å². The van der Waals surface area contributed by atoms with E-state index in [4.69, 9.17) is 4.42 Å². The van der Waals surface area contributed by atoms with E-state index in [1.54, 1.807) is 12.4 Å². The molecule has 0 spiro atoms. The Morgan fingerprint density at radius 1 is 1.29 bits per heavy atom. The number of nitrogens with one attached hydrogen (secondary N) is 1. The number of aryl methyl sites for hydroxylation is 2. The summed E-state index contributed by atoms with van der Waals surface area (Å²) in [5.74, 6) is 1.22. The zero-order valence-corrected chi connectivity index (χ0v) is 10.1. The highest BCUT2D eigenvalue weighted by Crippen LogP contribution is 2.17. The number of hydrogen-bond acceptors (Lipinski definition) is 5. The van der Waals surface area contributed by atoms with Gasteiger partial charge in [-0.25, -0.2) is 0 Å². The first-order valence-electron chi connectivity index (χ1n) is 5.68. The van der Waals surface area contributed by atoms with Crippen LogP contribution in [-0.4, -0.2) is 28.8 Å². The Hall–Kier alpha value is -1.75.